The second kappa shape index (κ2) is 5.01. The Bertz CT molecular complexity index is 309. The van der Waals surface area contributed by atoms with Crippen molar-refractivity contribution in [2.24, 2.45) is 0 Å². The van der Waals surface area contributed by atoms with Gasteiger partial charge in [-0.2, -0.15) is 0 Å². The minimum Gasteiger partial charge on any atom is -0.302 e. The summed E-state index contributed by atoms with van der Waals surface area (Å²) in [4.78, 5) is 2.62. The van der Waals surface area contributed by atoms with Gasteiger partial charge in [0.25, 0.3) is 0 Å². The van der Waals surface area contributed by atoms with E-state index in [1.165, 1.54) is 44.5 Å². The normalized spacial score (nSPS) is 18.6. The molecule has 1 aromatic carbocycles. The van der Waals surface area contributed by atoms with Crippen molar-refractivity contribution in [2.75, 3.05) is 19.6 Å². The first kappa shape index (κ1) is 11.7. The molecule has 0 spiro atoms. The maximum Gasteiger partial charge on any atom is 0.00733 e. The van der Waals surface area contributed by atoms with Gasteiger partial charge >= 0.3 is 0 Å². The van der Waals surface area contributed by atoms with Gasteiger partial charge in [-0.25, -0.2) is 0 Å². The van der Waals surface area contributed by atoms with Crippen LogP contribution in [0.4, 0.5) is 0 Å². The minimum absolute atomic E-state index is 0.276. The second-order valence-corrected chi connectivity index (χ2v) is 5.59. The molecule has 16 heavy (non-hydrogen) atoms. The fraction of sp³-hybridized carbons (Fsp3) is 0.600. The standard InChI is InChI=1S/C15H23N/c1-15(2,14-9-5-3-6-10-14)13-16-11-7-4-8-12-16/h3,5-6,9-10H,4,7-8,11-13H2,1-2H3. The molecule has 0 N–H and O–H groups in total. The van der Waals surface area contributed by atoms with Crippen molar-refractivity contribution in [3.8, 4) is 0 Å². The molecule has 1 nitrogen and oxygen atoms in total. The summed E-state index contributed by atoms with van der Waals surface area (Å²) in [6.45, 7) is 8.48. The molecule has 1 heteroatoms. The Labute approximate surface area is 99.5 Å². The zero-order valence-electron chi connectivity index (χ0n) is 10.6. The van der Waals surface area contributed by atoms with E-state index < -0.39 is 0 Å². The third-order valence-corrected chi connectivity index (χ3v) is 3.62. The molecule has 0 aromatic heterocycles. The van der Waals surface area contributed by atoms with Gasteiger partial charge in [-0.15, -0.1) is 0 Å². The van der Waals surface area contributed by atoms with Crippen LogP contribution in [0, 0.1) is 0 Å². The van der Waals surface area contributed by atoms with Crippen LogP contribution in [0.5, 0.6) is 0 Å². The molecule has 1 heterocycles. The van der Waals surface area contributed by atoms with E-state index in [0.717, 1.165) is 0 Å². The van der Waals surface area contributed by atoms with Crippen molar-refractivity contribution in [3.05, 3.63) is 35.9 Å². The number of hydrogen-bond donors (Lipinski definition) is 0. The number of nitrogens with zero attached hydrogens (tertiary/aromatic N) is 1. The molecular weight excluding hydrogens is 194 g/mol. The molecule has 0 unspecified atom stereocenters. The first-order valence-corrected chi connectivity index (χ1v) is 6.46. The average molecular weight is 217 g/mol. The van der Waals surface area contributed by atoms with Crippen LogP contribution in [-0.4, -0.2) is 24.5 Å². The molecule has 1 aliphatic heterocycles. The predicted octanol–water partition coefficient (Wildman–Crippen LogP) is 3.45. The molecule has 0 radical (unpaired) electrons. The highest BCUT2D eigenvalue weighted by molar-refractivity contribution is 5.23. The highest BCUT2D eigenvalue weighted by atomic mass is 15.1. The van der Waals surface area contributed by atoms with Gasteiger partial charge in [0, 0.05) is 12.0 Å². The zero-order chi connectivity index (χ0) is 11.4. The van der Waals surface area contributed by atoms with Crippen molar-refractivity contribution in [3.63, 3.8) is 0 Å². The smallest absolute Gasteiger partial charge is 0.00733 e. The fourth-order valence-electron chi connectivity index (χ4n) is 2.66. The Morgan fingerprint density at radius 3 is 2.25 bits per heavy atom. The van der Waals surface area contributed by atoms with Gasteiger partial charge in [0.15, 0.2) is 0 Å². The van der Waals surface area contributed by atoms with Gasteiger partial charge in [-0.05, 0) is 31.5 Å². The lowest BCUT2D eigenvalue weighted by Crippen LogP contribution is -2.39. The van der Waals surface area contributed by atoms with Crippen molar-refractivity contribution in [1.29, 1.82) is 0 Å². The Hall–Kier alpha value is -0.820. The first-order chi connectivity index (χ1) is 7.68. The van der Waals surface area contributed by atoms with Crippen molar-refractivity contribution < 1.29 is 0 Å². The van der Waals surface area contributed by atoms with E-state index >= 15 is 0 Å². The SMILES string of the molecule is CC(C)(CN1CCCCC1)c1ccccc1. The van der Waals surface area contributed by atoms with E-state index in [4.69, 9.17) is 0 Å². The molecule has 2 rings (SSSR count). The first-order valence-electron chi connectivity index (χ1n) is 6.46. The lowest BCUT2D eigenvalue weighted by atomic mass is 9.84. The van der Waals surface area contributed by atoms with E-state index in [-0.39, 0.29) is 5.41 Å². The van der Waals surface area contributed by atoms with Gasteiger partial charge in [0.2, 0.25) is 0 Å². The van der Waals surface area contributed by atoms with Crippen LogP contribution in [0.25, 0.3) is 0 Å². The number of hydrogen-bond acceptors (Lipinski definition) is 1. The van der Waals surface area contributed by atoms with Crippen molar-refractivity contribution >= 4 is 0 Å². The quantitative estimate of drug-likeness (QED) is 0.749. The Morgan fingerprint density at radius 2 is 1.62 bits per heavy atom. The van der Waals surface area contributed by atoms with Crippen LogP contribution >= 0.6 is 0 Å². The molecule has 0 bridgehead atoms. The molecule has 0 atom stereocenters. The van der Waals surface area contributed by atoms with E-state index in [1.807, 2.05) is 0 Å². The molecule has 0 saturated carbocycles. The van der Waals surface area contributed by atoms with E-state index in [0.29, 0.717) is 0 Å². The maximum atomic E-state index is 2.62. The molecule has 1 aromatic rings. The Morgan fingerprint density at radius 1 is 1.00 bits per heavy atom. The largest absolute Gasteiger partial charge is 0.302 e. The molecule has 1 aliphatic rings. The van der Waals surface area contributed by atoms with Crippen LogP contribution in [-0.2, 0) is 5.41 Å². The van der Waals surface area contributed by atoms with Crippen LogP contribution in [0.1, 0.15) is 38.7 Å². The van der Waals surface area contributed by atoms with Crippen LogP contribution < -0.4 is 0 Å². The zero-order valence-corrected chi connectivity index (χ0v) is 10.6. The summed E-state index contributed by atoms with van der Waals surface area (Å²) in [5.74, 6) is 0. The molecular formula is C15H23N. The van der Waals surface area contributed by atoms with E-state index in [9.17, 15) is 0 Å². The van der Waals surface area contributed by atoms with Gasteiger partial charge in [0.1, 0.15) is 0 Å². The number of benzene rings is 1. The fourth-order valence-corrected chi connectivity index (χ4v) is 2.66. The third-order valence-electron chi connectivity index (χ3n) is 3.62. The maximum absolute atomic E-state index is 2.62. The van der Waals surface area contributed by atoms with Crippen molar-refractivity contribution in [2.45, 2.75) is 38.5 Å². The third kappa shape index (κ3) is 2.85. The lowest BCUT2D eigenvalue weighted by molar-refractivity contribution is 0.190. The minimum atomic E-state index is 0.276. The number of rotatable bonds is 3. The highest BCUT2D eigenvalue weighted by Crippen LogP contribution is 2.25. The van der Waals surface area contributed by atoms with Gasteiger partial charge < -0.3 is 4.90 Å². The number of piperidine rings is 1. The summed E-state index contributed by atoms with van der Waals surface area (Å²) in [5.41, 5.74) is 1.74. The predicted molar refractivity (Wildman–Crippen MR) is 69.8 cm³/mol. The van der Waals surface area contributed by atoms with E-state index in [2.05, 4.69) is 49.1 Å². The summed E-state index contributed by atoms with van der Waals surface area (Å²) in [6, 6.07) is 10.9. The molecule has 1 fully saturated rings. The van der Waals surface area contributed by atoms with Crippen LogP contribution in [0.15, 0.2) is 30.3 Å². The summed E-state index contributed by atoms with van der Waals surface area (Å²) >= 11 is 0. The molecule has 88 valence electrons. The topological polar surface area (TPSA) is 3.24 Å². The van der Waals surface area contributed by atoms with Crippen LogP contribution in [0.2, 0.25) is 0 Å². The Balaban J connectivity index is 2.01. The summed E-state index contributed by atoms with van der Waals surface area (Å²) in [7, 11) is 0. The van der Waals surface area contributed by atoms with E-state index in [1.54, 1.807) is 0 Å². The average Bonchev–Trinajstić information content (AvgIpc) is 2.31. The summed E-state index contributed by atoms with van der Waals surface area (Å²) in [5, 5.41) is 0. The van der Waals surface area contributed by atoms with Gasteiger partial charge in [0.05, 0.1) is 0 Å². The summed E-state index contributed by atoms with van der Waals surface area (Å²) in [6.07, 6.45) is 4.18. The van der Waals surface area contributed by atoms with Crippen molar-refractivity contribution in [1.82, 2.24) is 4.90 Å². The van der Waals surface area contributed by atoms with Gasteiger partial charge in [-0.1, -0.05) is 50.6 Å². The molecule has 0 aliphatic carbocycles. The highest BCUT2D eigenvalue weighted by Gasteiger charge is 2.24. The summed E-state index contributed by atoms with van der Waals surface area (Å²) < 4.78 is 0. The molecule has 1 saturated heterocycles. The van der Waals surface area contributed by atoms with Crippen LogP contribution in [0.3, 0.4) is 0 Å². The Kier molecular flexibility index (Phi) is 3.65. The second-order valence-electron chi connectivity index (χ2n) is 5.59. The molecule has 0 amide bonds. The monoisotopic (exact) mass is 217 g/mol. The lowest BCUT2D eigenvalue weighted by Gasteiger charge is -2.35. The van der Waals surface area contributed by atoms with Gasteiger partial charge in [-0.3, -0.25) is 0 Å². The number of likely N-dealkylation sites (tertiary alicyclic amines) is 1.